The second kappa shape index (κ2) is 13.3. The van der Waals surface area contributed by atoms with Gasteiger partial charge in [-0.15, -0.1) is 22.7 Å². The van der Waals surface area contributed by atoms with E-state index in [1.54, 1.807) is 0 Å². The van der Waals surface area contributed by atoms with E-state index in [-0.39, 0.29) is 0 Å². The zero-order valence-corrected chi connectivity index (χ0v) is 32.7. The van der Waals surface area contributed by atoms with E-state index < -0.39 is 0 Å². The standard InChI is InChI=1S/C53H31N3S2/c1-2-14-32(15-3-1)33-18-12-19-34(28-33)35-20-13-21-38(29-35)51-54-52(43-30-36-16-4-6-22-39(36)49-47(43)41-24-8-10-26-45(41)57-49)56-53(55-51)44-31-37-17-5-7-23-40(37)50-48(44)42-25-9-11-27-46(42)58-50/h1-31H. The van der Waals surface area contributed by atoms with E-state index >= 15 is 0 Å². The van der Waals surface area contributed by atoms with Gasteiger partial charge >= 0.3 is 0 Å². The van der Waals surface area contributed by atoms with E-state index in [1.807, 2.05) is 22.7 Å². The Bertz CT molecular complexity index is 3410. The maximum Gasteiger partial charge on any atom is 0.164 e. The van der Waals surface area contributed by atoms with Crippen LogP contribution >= 0.6 is 22.7 Å². The summed E-state index contributed by atoms with van der Waals surface area (Å²) < 4.78 is 4.98. The summed E-state index contributed by atoms with van der Waals surface area (Å²) in [5, 5.41) is 9.59. The molecular formula is C53H31N3S2. The maximum atomic E-state index is 5.50. The highest BCUT2D eigenvalue weighted by atomic mass is 32.1. The van der Waals surface area contributed by atoms with Crippen molar-refractivity contribution in [3.63, 3.8) is 0 Å². The van der Waals surface area contributed by atoms with Crippen molar-refractivity contribution in [1.29, 1.82) is 0 Å². The lowest BCUT2D eigenvalue weighted by molar-refractivity contribution is 1.08. The third-order valence-corrected chi connectivity index (χ3v) is 13.7. The Morgan fingerprint density at radius 1 is 0.293 bits per heavy atom. The Labute approximate surface area is 342 Å². The molecule has 0 aliphatic heterocycles. The lowest BCUT2D eigenvalue weighted by Gasteiger charge is -2.13. The van der Waals surface area contributed by atoms with E-state index in [4.69, 9.17) is 15.0 Å². The Balaban J connectivity index is 1.15. The molecule has 0 amide bonds. The first kappa shape index (κ1) is 33.1. The van der Waals surface area contributed by atoms with Gasteiger partial charge in [0, 0.05) is 57.0 Å². The molecule has 3 aromatic heterocycles. The van der Waals surface area contributed by atoms with E-state index in [0.29, 0.717) is 17.5 Å². The second-order valence-electron chi connectivity index (χ2n) is 14.7. The van der Waals surface area contributed by atoms with Crippen molar-refractivity contribution < 1.29 is 0 Å². The van der Waals surface area contributed by atoms with Crippen LogP contribution in [-0.2, 0) is 0 Å². The number of benzene rings is 9. The number of thiophene rings is 2. The van der Waals surface area contributed by atoms with Crippen LogP contribution in [0.1, 0.15) is 0 Å². The molecule has 0 saturated carbocycles. The first-order valence-electron chi connectivity index (χ1n) is 19.4. The van der Waals surface area contributed by atoms with Crippen LogP contribution in [0.15, 0.2) is 188 Å². The summed E-state index contributed by atoms with van der Waals surface area (Å²) >= 11 is 3.67. The minimum absolute atomic E-state index is 0.641. The molecule has 0 saturated heterocycles. The maximum absolute atomic E-state index is 5.50. The molecule has 0 N–H and O–H groups in total. The van der Waals surface area contributed by atoms with Crippen LogP contribution in [0, 0.1) is 0 Å². The van der Waals surface area contributed by atoms with Crippen molar-refractivity contribution >= 4 is 84.6 Å². The van der Waals surface area contributed by atoms with Crippen molar-refractivity contribution in [2.45, 2.75) is 0 Å². The third kappa shape index (κ3) is 5.36. The van der Waals surface area contributed by atoms with Crippen LogP contribution in [0.2, 0.25) is 0 Å². The average molecular weight is 774 g/mol. The number of aromatic nitrogens is 3. The van der Waals surface area contributed by atoms with Gasteiger partial charge in [-0.1, -0.05) is 152 Å². The predicted molar refractivity (Wildman–Crippen MR) is 248 cm³/mol. The summed E-state index contributed by atoms with van der Waals surface area (Å²) in [6.07, 6.45) is 0. The Morgan fingerprint density at radius 3 is 1.24 bits per heavy atom. The van der Waals surface area contributed by atoms with Crippen molar-refractivity contribution in [3.8, 4) is 56.4 Å². The van der Waals surface area contributed by atoms with Gasteiger partial charge in [0.25, 0.3) is 0 Å². The summed E-state index contributed by atoms with van der Waals surface area (Å²) in [5.41, 5.74) is 7.57. The highest BCUT2D eigenvalue weighted by molar-refractivity contribution is 7.27. The molecule has 12 aromatic rings. The average Bonchev–Trinajstić information content (AvgIpc) is 3.89. The van der Waals surface area contributed by atoms with Gasteiger partial charge in [-0.2, -0.15) is 0 Å². The first-order chi connectivity index (χ1) is 28.7. The number of rotatable bonds is 5. The van der Waals surface area contributed by atoms with E-state index in [0.717, 1.165) is 38.6 Å². The topological polar surface area (TPSA) is 38.7 Å². The van der Waals surface area contributed by atoms with Crippen molar-refractivity contribution in [2.24, 2.45) is 0 Å². The van der Waals surface area contributed by atoms with Crippen molar-refractivity contribution in [1.82, 2.24) is 15.0 Å². The summed E-state index contributed by atoms with van der Waals surface area (Å²) in [4.78, 5) is 16.3. The van der Waals surface area contributed by atoms with E-state index in [9.17, 15) is 0 Å². The predicted octanol–water partition coefficient (Wildman–Crippen LogP) is 15.2. The van der Waals surface area contributed by atoms with E-state index in [2.05, 4.69) is 188 Å². The molecule has 5 heteroatoms. The molecule has 0 fully saturated rings. The number of hydrogen-bond donors (Lipinski definition) is 0. The highest BCUT2D eigenvalue weighted by Gasteiger charge is 2.22. The SMILES string of the molecule is c1ccc(-c2cccc(-c3cccc(-c4nc(-c5cc6ccccc6c6sc7ccccc7c56)nc(-c5cc6ccccc6c6sc7ccccc7c56)n4)c3)c2)cc1. The number of hydrogen-bond acceptors (Lipinski definition) is 5. The molecule has 0 unspecified atom stereocenters. The molecule has 58 heavy (non-hydrogen) atoms. The Hall–Kier alpha value is -7.05. The molecule has 0 aliphatic carbocycles. The fourth-order valence-electron chi connectivity index (χ4n) is 8.57. The van der Waals surface area contributed by atoms with Gasteiger partial charge in [-0.05, 0) is 80.2 Å². The highest BCUT2D eigenvalue weighted by Crippen LogP contribution is 2.46. The van der Waals surface area contributed by atoms with Crippen molar-refractivity contribution in [3.05, 3.63) is 188 Å². The largest absolute Gasteiger partial charge is 0.208 e. The van der Waals surface area contributed by atoms with Gasteiger partial charge in [0.15, 0.2) is 17.5 Å². The molecule has 0 atom stereocenters. The van der Waals surface area contributed by atoms with Gasteiger partial charge < -0.3 is 0 Å². The molecule has 9 aromatic carbocycles. The Morgan fingerprint density at radius 2 is 0.690 bits per heavy atom. The summed E-state index contributed by atoms with van der Waals surface area (Å²) in [7, 11) is 0. The summed E-state index contributed by atoms with van der Waals surface area (Å²) in [5.74, 6) is 1.97. The molecule has 270 valence electrons. The van der Waals surface area contributed by atoms with Gasteiger partial charge in [0.2, 0.25) is 0 Å². The minimum atomic E-state index is 0.641. The fourth-order valence-corrected chi connectivity index (χ4v) is 11.1. The van der Waals surface area contributed by atoms with Crippen LogP contribution in [-0.4, -0.2) is 15.0 Å². The van der Waals surface area contributed by atoms with Crippen LogP contribution < -0.4 is 0 Å². The van der Waals surface area contributed by atoms with Gasteiger partial charge in [-0.3, -0.25) is 0 Å². The van der Waals surface area contributed by atoms with Crippen LogP contribution in [0.3, 0.4) is 0 Å². The van der Waals surface area contributed by atoms with Crippen LogP contribution in [0.5, 0.6) is 0 Å². The Kier molecular flexibility index (Phi) is 7.58. The number of nitrogens with zero attached hydrogens (tertiary/aromatic N) is 3. The zero-order chi connectivity index (χ0) is 38.2. The minimum Gasteiger partial charge on any atom is -0.208 e. The van der Waals surface area contributed by atoms with Gasteiger partial charge in [0.05, 0.1) is 0 Å². The van der Waals surface area contributed by atoms with Gasteiger partial charge in [-0.25, -0.2) is 15.0 Å². The van der Waals surface area contributed by atoms with E-state index in [1.165, 1.54) is 62.2 Å². The molecule has 0 radical (unpaired) electrons. The van der Waals surface area contributed by atoms with Gasteiger partial charge in [0.1, 0.15) is 0 Å². The van der Waals surface area contributed by atoms with Crippen molar-refractivity contribution in [2.75, 3.05) is 0 Å². The fraction of sp³-hybridized carbons (Fsp3) is 0. The molecule has 0 spiro atoms. The zero-order valence-electron chi connectivity index (χ0n) is 31.1. The molecule has 0 bridgehead atoms. The van der Waals surface area contributed by atoms with Crippen LogP contribution in [0.4, 0.5) is 0 Å². The smallest absolute Gasteiger partial charge is 0.164 e. The monoisotopic (exact) mass is 773 g/mol. The molecular weight excluding hydrogens is 743 g/mol. The normalized spacial score (nSPS) is 11.8. The second-order valence-corrected chi connectivity index (χ2v) is 16.8. The summed E-state index contributed by atoms with van der Waals surface area (Å²) in [6, 6.07) is 67.2. The lowest BCUT2D eigenvalue weighted by atomic mass is 9.97. The van der Waals surface area contributed by atoms with Crippen LogP contribution in [0.25, 0.3) is 118 Å². The number of fused-ring (bicyclic) bond motifs is 10. The molecule has 3 heterocycles. The third-order valence-electron chi connectivity index (χ3n) is 11.3. The molecule has 3 nitrogen and oxygen atoms in total. The lowest BCUT2D eigenvalue weighted by Crippen LogP contribution is -2.01. The molecule has 12 rings (SSSR count). The summed E-state index contributed by atoms with van der Waals surface area (Å²) in [6.45, 7) is 0. The first-order valence-corrected chi connectivity index (χ1v) is 21.1. The molecule has 0 aliphatic rings. The quantitative estimate of drug-likeness (QED) is 0.175.